The molecule has 1 aromatic carbocycles. The molecule has 1 saturated heterocycles. The number of aliphatic hydroxyl groups is 1. The van der Waals surface area contributed by atoms with Gasteiger partial charge in [-0.05, 0) is 62.7 Å². The van der Waals surface area contributed by atoms with Crippen molar-refractivity contribution in [2.45, 2.75) is 122 Å². The van der Waals surface area contributed by atoms with E-state index in [1.165, 1.54) is 4.63 Å². The molecule has 0 saturated carbocycles. The number of thiazole rings is 1. The van der Waals surface area contributed by atoms with Crippen molar-refractivity contribution in [3.63, 3.8) is 0 Å². The average Bonchev–Trinajstić information content (AvgIpc) is 3.16. The number of hydrogen-bond acceptors (Lipinski definition) is 5. The Bertz CT molecular complexity index is 1030. The van der Waals surface area contributed by atoms with E-state index in [2.05, 4.69) is 47.6 Å². The molecule has 2 aromatic rings. The zero-order valence-corrected chi connectivity index (χ0v) is 25.3. The summed E-state index contributed by atoms with van der Waals surface area (Å²) < 4.78 is 22.3. The molecule has 1 N–H and O–H groups in total. The molecule has 36 heavy (non-hydrogen) atoms. The minimum absolute atomic E-state index is 0.207. The fraction of sp³-hybridized carbons (Fsp3) is 0.714. The van der Waals surface area contributed by atoms with E-state index >= 15 is 0 Å². The summed E-state index contributed by atoms with van der Waals surface area (Å²) in [5.41, 5.74) is 2.60. The van der Waals surface area contributed by atoms with Gasteiger partial charge in [0.2, 0.25) is 0 Å². The second-order valence-corrected chi connectivity index (χ2v) is 19.5. The Morgan fingerprint density at radius 3 is 2.36 bits per heavy atom. The number of ether oxygens (including phenoxy) is 1. The van der Waals surface area contributed by atoms with Crippen LogP contribution in [0.15, 0.2) is 18.2 Å². The fourth-order valence-corrected chi connectivity index (χ4v) is 16.0. The van der Waals surface area contributed by atoms with E-state index in [0.29, 0.717) is 29.6 Å². The molecule has 3 atom stereocenters. The van der Waals surface area contributed by atoms with Crippen LogP contribution >= 0.6 is 11.3 Å². The van der Waals surface area contributed by atoms with Crippen molar-refractivity contribution in [1.82, 2.24) is 9.88 Å². The number of nitrogens with zero attached hydrogens (tertiary/aromatic N) is 2. The first-order valence-electron chi connectivity index (χ1n) is 13.4. The van der Waals surface area contributed by atoms with E-state index in [1.54, 1.807) is 16.2 Å². The van der Waals surface area contributed by atoms with Gasteiger partial charge in [0.1, 0.15) is 19.8 Å². The Morgan fingerprint density at radius 2 is 1.81 bits per heavy atom. The number of benzene rings is 1. The predicted molar refractivity (Wildman–Crippen MR) is 151 cm³/mol. The van der Waals surface area contributed by atoms with Crippen LogP contribution in [0, 0.1) is 0 Å². The Kier molecular flexibility index (Phi) is 8.94. The maximum atomic E-state index is 14.4. The van der Waals surface area contributed by atoms with Crippen LogP contribution in [0.3, 0.4) is 0 Å². The third kappa shape index (κ3) is 5.81. The number of aromatic nitrogens is 1. The summed E-state index contributed by atoms with van der Waals surface area (Å²) in [5, 5.41) is 11.4. The van der Waals surface area contributed by atoms with Gasteiger partial charge in [-0.1, -0.05) is 53.7 Å². The highest BCUT2D eigenvalue weighted by molar-refractivity contribution is 7.31. The summed E-state index contributed by atoms with van der Waals surface area (Å²) in [5.74, 6) is 0. The molecule has 3 rings (SSSR count). The summed E-state index contributed by atoms with van der Waals surface area (Å²) in [7, 11) is -1.94. The van der Waals surface area contributed by atoms with Crippen molar-refractivity contribution in [2.24, 2.45) is 0 Å². The standard InChI is InChI=1S/C28H45FN2O3SSi/c1-17(2)36(18(3)4,19(5)6)26-30-25-22(11-10-12-24(25)35-26)23(32)16-21-15-20(29)13-14-31(21)27(33)34-28(7,8)9/h10-12,17-21,23,32H,13-16H2,1-9H3/t20-,21+,23-/m1/s1. The van der Waals surface area contributed by atoms with Crippen LogP contribution in [-0.2, 0) is 4.74 Å². The monoisotopic (exact) mass is 536 g/mol. The molecule has 8 heteroatoms. The van der Waals surface area contributed by atoms with Crippen LogP contribution in [0.5, 0.6) is 0 Å². The van der Waals surface area contributed by atoms with E-state index in [9.17, 15) is 14.3 Å². The molecule has 1 fully saturated rings. The second kappa shape index (κ2) is 11.1. The molecule has 0 bridgehead atoms. The van der Waals surface area contributed by atoms with Crippen LogP contribution in [0.2, 0.25) is 16.6 Å². The van der Waals surface area contributed by atoms with Gasteiger partial charge in [-0.25, -0.2) is 14.2 Å². The van der Waals surface area contributed by atoms with E-state index < -0.39 is 38.1 Å². The minimum atomic E-state index is -1.94. The first-order chi connectivity index (χ1) is 16.7. The Labute approximate surface area is 221 Å². The highest BCUT2D eigenvalue weighted by Crippen LogP contribution is 2.43. The van der Waals surface area contributed by atoms with E-state index in [-0.39, 0.29) is 12.8 Å². The van der Waals surface area contributed by atoms with Gasteiger partial charge in [-0.3, -0.25) is 0 Å². The largest absolute Gasteiger partial charge is 0.444 e. The smallest absolute Gasteiger partial charge is 0.410 e. The lowest BCUT2D eigenvalue weighted by Gasteiger charge is -2.41. The molecule has 202 valence electrons. The lowest BCUT2D eigenvalue weighted by Crippen LogP contribution is -2.55. The average molecular weight is 537 g/mol. The topological polar surface area (TPSA) is 62.7 Å². The molecule has 0 aliphatic carbocycles. The summed E-state index contributed by atoms with van der Waals surface area (Å²) in [6.45, 7) is 19.7. The molecule has 0 spiro atoms. The van der Waals surface area contributed by atoms with Crippen molar-refractivity contribution in [3.05, 3.63) is 23.8 Å². The van der Waals surface area contributed by atoms with Crippen molar-refractivity contribution in [3.8, 4) is 0 Å². The van der Waals surface area contributed by atoms with Crippen molar-refractivity contribution < 1.29 is 19.0 Å². The third-order valence-electron chi connectivity index (χ3n) is 7.82. The first kappa shape index (κ1) is 29.0. The normalized spacial score (nSPS) is 20.6. The van der Waals surface area contributed by atoms with Crippen LogP contribution in [0.1, 0.15) is 93.2 Å². The Hall–Kier alpha value is -1.51. The van der Waals surface area contributed by atoms with Gasteiger partial charge < -0.3 is 14.7 Å². The SMILES string of the molecule is CC(C)[Si](c1nc2c([C@H](O)C[C@@H]3C[C@H](F)CCN3C(=O)OC(C)(C)C)cccc2s1)(C(C)C)C(C)C. The molecule has 5 nitrogen and oxygen atoms in total. The lowest BCUT2D eigenvalue weighted by atomic mass is 9.93. The summed E-state index contributed by atoms with van der Waals surface area (Å²) in [6, 6.07) is 5.55. The molecule has 1 aliphatic heterocycles. The van der Waals surface area contributed by atoms with Gasteiger partial charge in [-0.15, -0.1) is 11.3 Å². The van der Waals surface area contributed by atoms with Gasteiger partial charge in [-0.2, -0.15) is 0 Å². The summed E-state index contributed by atoms with van der Waals surface area (Å²) in [6.07, 6.45) is -1.52. The fourth-order valence-electron chi connectivity index (χ4n) is 6.34. The highest BCUT2D eigenvalue weighted by Gasteiger charge is 2.47. The van der Waals surface area contributed by atoms with E-state index in [4.69, 9.17) is 9.72 Å². The van der Waals surface area contributed by atoms with Crippen molar-refractivity contribution in [2.75, 3.05) is 6.54 Å². The number of likely N-dealkylation sites (tertiary alicyclic amines) is 1. The van der Waals surface area contributed by atoms with Gasteiger partial charge in [0, 0.05) is 18.2 Å². The number of piperidine rings is 1. The van der Waals surface area contributed by atoms with Crippen LogP contribution in [0.4, 0.5) is 9.18 Å². The van der Waals surface area contributed by atoms with Gasteiger partial charge in [0.15, 0.2) is 0 Å². The number of fused-ring (bicyclic) bond motifs is 1. The van der Waals surface area contributed by atoms with E-state index in [1.807, 2.05) is 32.9 Å². The molecule has 2 heterocycles. The number of para-hydroxylation sites is 1. The number of halogens is 1. The minimum Gasteiger partial charge on any atom is -0.444 e. The quantitative estimate of drug-likeness (QED) is 0.376. The molecule has 0 radical (unpaired) electrons. The maximum Gasteiger partial charge on any atom is 0.410 e. The molecule has 1 aromatic heterocycles. The van der Waals surface area contributed by atoms with Crippen molar-refractivity contribution >= 4 is 40.4 Å². The van der Waals surface area contributed by atoms with Crippen LogP contribution in [-0.4, -0.2) is 53.5 Å². The van der Waals surface area contributed by atoms with Gasteiger partial charge in [0.25, 0.3) is 0 Å². The molecule has 1 amide bonds. The number of amides is 1. The second-order valence-electron chi connectivity index (χ2n) is 12.3. The number of hydrogen-bond donors (Lipinski definition) is 1. The summed E-state index contributed by atoms with van der Waals surface area (Å²) >= 11 is 1.77. The number of alkyl halides is 1. The highest BCUT2D eigenvalue weighted by atomic mass is 32.1. The summed E-state index contributed by atoms with van der Waals surface area (Å²) in [4.78, 5) is 19.7. The molecule has 0 unspecified atom stereocenters. The molecular weight excluding hydrogens is 491 g/mol. The number of carbonyl (C=O) groups excluding carboxylic acids is 1. The van der Waals surface area contributed by atoms with E-state index in [0.717, 1.165) is 15.8 Å². The predicted octanol–water partition coefficient (Wildman–Crippen LogP) is 7.34. The lowest BCUT2D eigenvalue weighted by molar-refractivity contribution is -0.00657. The Morgan fingerprint density at radius 1 is 1.19 bits per heavy atom. The van der Waals surface area contributed by atoms with Gasteiger partial charge in [0.05, 0.1) is 21.0 Å². The zero-order valence-electron chi connectivity index (χ0n) is 23.5. The zero-order chi connectivity index (χ0) is 27.0. The van der Waals surface area contributed by atoms with Crippen LogP contribution < -0.4 is 4.63 Å². The Balaban J connectivity index is 1.96. The number of rotatable bonds is 7. The maximum absolute atomic E-state index is 14.4. The van der Waals surface area contributed by atoms with Crippen LogP contribution in [0.25, 0.3) is 10.2 Å². The third-order valence-corrected chi connectivity index (χ3v) is 16.6. The van der Waals surface area contributed by atoms with Crippen molar-refractivity contribution in [1.29, 1.82) is 0 Å². The number of carbonyl (C=O) groups is 1. The first-order valence-corrected chi connectivity index (χ1v) is 16.4. The molecular formula is C28H45FN2O3SSi. The number of aliphatic hydroxyl groups excluding tert-OH is 1. The van der Waals surface area contributed by atoms with Gasteiger partial charge >= 0.3 is 6.09 Å². The molecule has 1 aliphatic rings.